The molecule has 0 spiro atoms. The van der Waals surface area contributed by atoms with Crippen LogP contribution in [0.5, 0.6) is 5.75 Å². The molecule has 0 aliphatic carbocycles. The quantitative estimate of drug-likeness (QED) is 0.880. The van der Waals surface area contributed by atoms with E-state index in [1.54, 1.807) is 25.4 Å². The Bertz CT molecular complexity index is 806. The zero-order chi connectivity index (χ0) is 17.3. The van der Waals surface area contributed by atoms with E-state index in [1.165, 1.54) is 11.8 Å². The van der Waals surface area contributed by atoms with Crippen molar-refractivity contribution in [1.82, 2.24) is 4.98 Å². The fourth-order valence-electron chi connectivity index (χ4n) is 2.73. The molecule has 0 saturated heterocycles. The third-order valence-electron chi connectivity index (χ3n) is 4.18. The van der Waals surface area contributed by atoms with Crippen molar-refractivity contribution in [1.29, 1.82) is 0 Å². The number of likely N-dealkylation sites (N-methyl/N-ethyl adjacent to an activating group) is 1. The number of para-hydroxylation sites is 1. The van der Waals surface area contributed by atoms with Crippen LogP contribution in [-0.4, -0.2) is 29.4 Å². The highest BCUT2D eigenvalue weighted by atomic mass is 16.5. The minimum atomic E-state index is -1.65. The fourth-order valence-corrected chi connectivity index (χ4v) is 2.73. The van der Waals surface area contributed by atoms with Crippen molar-refractivity contribution >= 4 is 23.3 Å². The van der Waals surface area contributed by atoms with Crippen molar-refractivity contribution in [3.63, 3.8) is 0 Å². The molecule has 2 amide bonds. The number of carbonyl (C=O) groups is 2. The number of hydrogen-bond donors (Lipinski definition) is 1. The minimum absolute atomic E-state index is 0.404. The van der Waals surface area contributed by atoms with Crippen molar-refractivity contribution in [3.05, 3.63) is 48.2 Å². The summed E-state index contributed by atoms with van der Waals surface area (Å²) in [4.78, 5) is 31.0. The Morgan fingerprint density at radius 3 is 2.79 bits per heavy atom. The van der Waals surface area contributed by atoms with Crippen LogP contribution in [0.2, 0.25) is 0 Å². The summed E-state index contributed by atoms with van der Waals surface area (Å²) in [6.45, 7) is 3.48. The van der Waals surface area contributed by atoms with Gasteiger partial charge in [0.05, 0.1) is 0 Å². The average molecular weight is 325 g/mol. The highest BCUT2D eigenvalue weighted by Gasteiger charge is 2.50. The van der Waals surface area contributed by atoms with Crippen molar-refractivity contribution in [2.24, 2.45) is 0 Å². The molecule has 2 aromatic rings. The molecule has 0 saturated carbocycles. The Hall–Kier alpha value is -2.89. The summed E-state index contributed by atoms with van der Waals surface area (Å²) in [6.07, 6.45) is 2.35. The average Bonchev–Trinajstić information content (AvgIpc) is 2.60. The molecule has 0 bridgehead atoms. The number of rotatable bonds is 3. The van der Waals surface area contributed by atoms with Gasteiger partial charge in [0.25, 0.3) is 17.4 Å². The molecule has 1 aliphatic heterocycles. The molecule has 1 atom stereocenters. The van der Waals surface area contributed by atoms with Gasteiger partial charge in [0.1, 0.15) is 0 Å². The number of hydrogen-bond acceptors (Lipinski definition) is 4. The van der Waals surface area contributed by atoms with Gasteiger partial charge in [-0.05, 0) is 37.1 Å². The summed E-state index contributed by atoms with van der Waals surface area (Å²) >= 11 is 0. The second kappa shape index (κ2) is 5.96. The largest absolute Gasteiger partial charge is 0.464 e. The zero-order valence-corrected chi connectivity index (χ0v) is 13.9. The van der Waals surface area contributed by atoms with Crippen LogP contribution in [0.1, 0.15) is 19.4 Å². The lowest BCUT2D eigenvalue weighted by Crippen LogP contribution is -2.60. The van der Waals surface area contributed by atoms with Gasteiger partial charge in [0, 0.05) is 18.9 Å². The molecular weight excluding hydrogens is 306 g/mol. The van der Waals surface area contributed by atoms with Crippen LogP contribution in [0, 0.1) is 0 Å². The van der Waals surface area contributed by atoms with E-state index >= 15 is 0 Å². The molecule has 3 rings (SSSR count). The summed E-state index contributed by atoms with van der Waals surface area (Å²) in [5, 5.41) is 2.82. The summed E-state index contributed by atoms with van der Waals surface area (Å²) < 4.78 is 5.74. The van der Waals surface area contributed by atoms with Crippen molar-refractivity contribution in [2.75, 3.05) is 17.3 Å². The summed E-state index contributed by atoms with van der Waals surface area (Å²) in [5.41, 5.74) is 0.0291. The molecule has 6 heteroatoms. The van der Waals surface area contributed by atoms with E-state index in [-0.39, 0.29) is 0 Å². The fraction of sp³-hybridized carbons (Fsp3) is 0.278. The van der Waals surface area contributed by atoms with Crippen LogP contribution in [0.3, 0.4) is 0 Å². The maximum absolute atomic E-state index is 12.8. The molecule has 1 unspecified atom stereocenters. The number of benzene rings is 1. The van der Waals surface area contributed by atoms with Crippen molar-refractivity contribution in [2.45, 2.75) is 25.9 Å². The van der Waals surface area contributed by atoms with Gasteiger partial charge in [-0.3, -0.25) is 14.5 Å². The van der Waals surface area contributed by atoms with Gasteiger partial charge < -0.3 is 10.1 Å². The maximum atomic E-state index is 12.8. The molecule has 124 valence electrons. The van der Waals surface area contributed by atoms with Gasteiger partial charge >= 0.3 is 0 Å². The highest BCUT2D eigenvalue weighted by molar-refractivity contribution is 6.19. The number of fused-ring (bicyclic) bond motifs is 1. The lowest BCUT2D eigenvalue weighted by molar-refractivity contribution is -0.145. The monoisotopic (exact) mass is 325 g/mol. The molecule has 1 N–H and O–H groups in total. The zero-order valence-electron chi connectivity index (χ0n) is 13.9. The van der Waals surface area contributed by atoms with Crippen LogP contribution in [0.4, 0.5) is 11.5 Å². The first-order chi connectivity index (χ1) is 11.5. The van der Waals surface area contributed by atoms with Crippen LogP contribution in [0.15, 0.2) is 42.6 Å². The molecule has 24 heavy (non-hydrogen) atoms. The van der Waals surface area contributed by atoms with Gasteiger partial charge in [0.15, 0.2) is 11.6 Å². The van der Waals surface area contributed by atoms with Crippen LogP contribution < -0.4 is 15.0 Å². The van der Waals surface area contributed by atoms with E-state index in [0.717, 1.165) is 12.0 Å². The third-order valence-corrected chi connectivity index (χ3v) is 4.18. The topological polar surface area (TPSA) is 71.5 Å². The summed E-state index contributed by atoms with van der Waals surface area (Å²) in [5.74, 6) is -0.155. The Morgan fingerprint density at radius 1 is 1.29 bits per heavy atom. The maximum Gasteiger partial charge on any atom is 0.281 e. The van der Waals surface area contributed by atoms with E-state index in [4.69, 9.17) is 4.74 Å². The molecule has 0 radical (unpaired) electrons. The van der Waals surface area contributed by atoms with E-state index < -0.39 is 17.4 Å². The number of carbonyl (C=O) groups excluding carboxylic acids is 2. The molecule has 2 heterocycles. The summed E-state index contributed by atoms with van der Waals surface area (Å²) in [7, 11) is 1.59. The smallest absolute Gasteiger partial charge is 0.281 e. The van der Waals surface area contributed by atoms with E-state index in [1.807, 2.05) is 31.2 Å². The number of anilines is 2. The standard InChI is InChI=1S/C18H19N3O3/c1-4-12-8-5-6-9-13(12)20-16(22)18(2)17(23)21(3)15-14(24-18)10-7-11-19-15/h5-11H,4H2,1-3H3,(H,20,22). The van der Waals surface area contributed by atoms with E-state index in [0.29, 0.717) is 17.3 Å². The van der Waals surface area contributed by atoms with Crippen LogP contribution in [-0.2, 0) is 16.0 Å². The first-order valence-corrected chi connectivity index (χ1v) is 7.79. The highest BCUT2D eigenvalue weighted by Crippen LogP contribution is 2.35. The van der Waals surface area contributed by atoms with Gasteiger partial charge in [-0.1, -0.05) is 25.1 Å². The second-order valence-corrected chi connectivity index (χ2v) is 5.79. The lowest BCUT2D eigenvalue weighted by atomic mass is 10.0. The number of aromatic nitrogens is 1. The van der Waals surface area contributed by atoms with Gasteiger partial charge in [-0.15, -0.1) is 0 Å². The van der Waals surface area contributed by atoms with Crippen molar-refractivity contribution in [3.8, 4) is 5.75 Å². The predicted molar refractivity (Wildman–Crippen MR) is 91.1 cm³/mol. The first-order valence-electron chi connectivity index (χ1n) is 7.79. The SMILES string of the molecule is CCc1ccccc1NC(=O)C1(C)Oc2cccnc2N(C)C1=O. The predicted octanol–water partition coefficient (Wildman–Crippen LogP) is 2.40. The van der Waals surface area contributed by atoms with E-state index in [9.17, 15) is 9.59 Å². The summed E-state index contributed by atoms with van der Waals surface area (Å²) in [6, 6.07) is 10.9. The van der Waals surface area contributed by atoms with Crippen LogP contribution in [0.25, 0.3) is 0 Å². The minimum Gasteiger partial charge on any atom is -0.464 e. The lowest BCUT2D eigenvalue weighted by Gasteiger charge is -2.37. The van der Waals surface area contributed by atoms with E-state index in [2.05, 4.69) is 10.3 Å². The molecule has 1 aromatic carbocycles. The molecule has 6 nitrogen and oxygen atoms in total. The normalized spacial score (nSPS) is 19.5. The molecular formula is C18H19N3O3. The Morgan fingerprint density at radius 2 is 2.04 bits per heavy atom. The number of nitrogens with zero attached hydrogens (tertiary/aromatic N) is 2. The van der Waals surface area contributed by atoms with Gasteiger partial charge in [0.2, 0.25) is 0 Å². The third kappa shape index (κ3) is 2.50. The number of ether oxygens (including phenoxy) is 1. The van der Waals surface area contributed by atoms with Crippen molar-refractivity contribution < 1.29 is 14.3 Å². The Labute approximate surface area is 140 Å². The molecule has 1 aromatic heterocycles. The molecule has 1 aliphatic rings. The second-order valence-electron chi connectivity index (χ2n) is 5.79. The number of amides is 2. The van der Waals surface area contributed by atoms with Crippen LogP contribution >= 0.6 is 0 Å². The Balaban J connectivity index is 1.93. The number of aryl methyl sites for hydroxylation is 1. The van der Waals surface area contributed by atoms with Gasteiger partial charge in [-0.25, -0.2) is 4.98 Å². The first kappa shape index (κ1) is 16.0. The Kier molecular flexibility index (Phi) is 3.97. The molecule has 0 fully saturated rings. The number of pyridine rings is 1. The van der Waals surface area contributed by atoms with Gasteiger partial charge in [-0.2, -0.15) is 0 Å². The number of nitrogens with one attached hydrogen (secondary N) is 1.